The van der Waals surface area contributed by atoms with E-state index in [4.69, 9.17) is 4.74 Å². The van der Waals surface area contributed by atoms with Gasteiger partial charge in [-0.3, -0.25) is 0 Å². The van der Waals surface area contributed by atoms with E-state index in [9.17, 15) is 8.42 Å². The lowest BCUT2D eigenvalue weighted by molar-refractivity contribution is 0.393. The van der Waals surface area contributed by atoms with Crippen molar-refractivity contribution in [1.29, 1.82) is 0 Å². The zero-order valence-corrected chi connectivity index (χ0v) is 15.6. The standard InChI is InChI=1S/C18H31NO3S/c1-4-5-6-7-8-14-19(23(3,20)21)15-10-12-17-11-9-13-18(16-17)22-2/h9,11,13,16H,4-8,10,12,14-15H2,1-3H3. The smallest absolute Gasteiger partial charge is 0.211 e. The van der Waals surface area contributed by atoms with Gasteiger partial charge in [0.05, 0.1) is 13.4 Å². The summed E-state index contributed by atoms with van der Waals surface area (Å²) in [5.41, 5.74) is 1.18. The molecule has 0 N–H and O–H groups in total. The molecule has 0 aliphatic heterocycles. The van der Waals surface area contributed by atoms with Crippen molar-refractivity contribution in [2.24, 2.45) is 0 Å². The molecule has 0 saturated carbocycles. The Kier molecular flexibility index (Phi) is 9.26. The molecule has 0 bridgehead atoms. The molecule has 0 saturated heterocycles. The summed E-state index contributed by atoms with van der Waals surface area (Å²) in [6, 6.07) is 7.95. The van der Waals surface area contributed by atoms with Crippen LogP contribution in [-0.2, 0) is 16.4 Å². The maximum atomic E-state index is 11.9. The van der Waals surface area contributed by atoms with Gasteiger partial charge in [-0.05, 0) is 37.0 Å². The van der Waals surface area contributed by atoms with Crippen LogP contribution >= 0.6 is 0 Å². The van der Waals surface area contributed by atoms with E-state index in [0.717, 1.165) is 31.4 Å². The van der Waals surface area contributed by atoms with Crippen LogP contribution in [0.5, 0.6) is 5.75 Å². The van der Waals surface area contributed by atoms with Gasteiger partial charge in [0.1, 0.15) is 5.75 Å². The molecule has 0 aliphatic carbocycles. The normalized spacial score (nSPS) is 11.8. The van der Waals surface area contributed by atoms with Gasteiger partial charge < -0.3 is 4.74 Å². The Labute approximate surface area is 141 Å². The molecule has 0 heterocycles. The van der Waals surface area contributed by atoms with Crippen molar-refractivity contribution in [1.82, 2.24) is 4.31 Å². The predicted octanol–water partition coefficient (Wildman–Crippen LogP) is 3.86. The van der Waals surface area contributed by atoms with Crippen molar-refractivity contribution in [3.05, 3.63) is 29.8 Å². The van der Waals surface area contributed by atoms with E-state index < -0.39 is 10.0 Å². The van der Waals surface area contributed by atoms with Crippen molar-refractivity contribution < 1.29 is 13.2 Å². The Morgan fingerprint density at radius 1 is 1.04 bits per heavy atom. The second kappa shape index (κ2) is 10.7. The molecule has 4 nitrogen and oxygen atoms in total. The fourth-order valence-electron chi connectivity index (χ4n) is 2.62. The third-order valence-electron chi connectivity index (χ3n) is 3.99. The Hall–Kier alpha value is -1.07. The summed E-state index contributed by atoms with van der Waals surface area (Å²) in [6.45, 7) is 3.41. The quantitative estimate of drug-likeness (QED) is 0.542. The fraction of sp³-hybridized carbons (Fsp3) is 0.667. The summed E-state index contributed by atoms with van der Waals surface area (Å²) >= 11 is 0. The van der Waals surface area contributed by atoms with E-state index >= 15 is 0 Å². The van der Waals surface area contributed by atoms with Crippen LogP contribution in [0.4, 0.5) is 0 Å². The fourth-order valence-corrected chi connectivity index (χ4v) is 3.54. The van der Waals surface area contributed by atoms with Gasteiger partial charge in [-0.15, -0.1) is 0 Å². The molecule has 23 heavy (non-hydrogen) atoms. The summed E-state index contributed by atoms with van der Waals surface area (Å²) in [7, 11) is -1.46. The Morgan fingerprint density at radius 2 is 1.74 bits per heavy atom. The van der Waals surface area contributed by atoms with Crippen LogP contribution in [0.2, 0.25) is 0 Å². The minimum absolute atomic E-state index is 0.587. The molecular formula is C18H31NO3S. The maximum Gasteiger partial charge on any atom is 0.211 e. The minimum atomic E-state index is -3.12. The van der Waals surface area contributed by atoms with Crippen LogP contribution in [0, 0.1) is 0 Å². The van der Waals surface area contributed by atoms with Crippen LogP contribution in [0.15, 0.2) is 24.3 Å². The van der Waals surface area contributed by atoms with E-state index in [1.807, 2.05) is 18.2 Å². The molecule has 0 atom stereocenters. The molecule has 0 fully saturated rings. The molecule has 1 rings (SSSR count). The number of hydrogen-bond acceptors (Lipinski definition) is 3. The monoisotopic (exact) mass is 341 g/mol. The van der Waals surface area contributed by atoms with Gasteiger partial charge in [0.25, 0.3) is 0 Å². The highest BCUT2D eigenvalue weighted by atomic mass is 32.2. The maximum absolute atomic E-state index is 11.9. The van der Waals surface area contributed by atoms with E-state index in [0.29, 0.717) is 13.1 Å². The summed E-state index contributed by atoms with van der Waals surface area (Å²) in [5, 5.41) is 0. The largest absolute Gasteiger partial charge is 0.497 e. The van der Waals surface area contributed by atoms with Crippen molar-refractivity contribution in [2.75, 3.05) is 26.5 Å². The van der Waals surface area contributed by atoms with Crippen molar-refractivity contribution >= 4 is 10.0 Å². The second-order valence-electron chi connectivity index (χ2n) is 6.03. The number of aryl methyl sites for hydroxylation is 1. The van der Waals surface area contributed by atoms with Crippen LogP contribution in [0.3, 0.4) is 0 Å². The third kappa shape index (κ3) is 8.37. The number of unbranched alkanes of at least 4 members (excludes halogenated alkanes) is 4. The zero-order valence-electron chi connectivity index (χ0n) is 14.8. The van der Waals surface area contributed by atoms with Gasteiger partial charge in [-0.1, -0.05) is 44.7 Å². The molecule has 0 amide bonds. The number of sulfonamides is 1. The summed E-state index contributed by atoms with van der Waals surface area (Å²) in [4.78, 5) is 0. The summed E-state index contributed by atoms with van der Waals surface area (Å²) in [5.74, 6) is 0.846. The highest BCUT2D eigenvalue weighted by Gasteiger charge is 2.15. The Morgan fingerprint density at radius 3 is 2.39 bits per heavy atom. The van der Waals surface area contributed by atoms with Gasteiger partial charge in [0, 0.05) is 13.1 Å². The number of benzene rings is 1. The molecule has 5 heteroatoms. The molecule has 0 aromatic heterocycles. The first-order valence-corrected chi connectivity index (χ1v) is 10.4. The van der Waals surface area contributed by atoms with Gasteiger partial charge >= 0.3 is 0 Å². The lowest BCUT2D eigenvalue weighted by Gasteiger charge is -2.20. The SMILES string of the molecule is CCCCCCCN(CCCc1cccc(OC)c1)S(C)(=O)=O. The summed E-state index contributed by atoms with van der Waals surface area (Å²) in [6.07, 6.45) is 8.68. The highest BCUT2D eigenvalue weighted by Crippen LogP contribution is 2.15. The number of rotatable bonds is 12. The van der Waals surface area contributed by atoms with Crippen molar-refractivity contribution in [3.63, 3.8) is 0 Å². The van der Waals surface area contributed by atoms with E-state index in [-0.39, 0.29) is 0 Å². The van der Waals surface area contributed by atoms with E-state index in [1.165, 1.54) is 31.1 Å². The second-order valence-corrected chi connectivity index (χ2v) is 8.01. The van der Waals surface area contributed by atoms with Crippen LogP contribution in [-0.4, -0.2) is 39.2 Å². The number of nitrogens with zero attached hydrogens (tertiary/aromatic N) is 1. The average Bonchev–Trinajstić information content (AvgIpc) is 2.52. The van der Waals surface area contributed by atoms with E-state index in [2.05, 4.69) is 13.0 Å². The van der Waals surface area contributed by atoms with Gasteiger partial charge in [-0.25, -0.2) is 12.7 Å². The van der Waals surface area contributed by atoms with Gasteiger partial charge in [-0.2, -0.15) is 0 Å². The van der Waals surface area contributed by atoms with Crippen LogP contribution in [0.25, 0.3) is 0 Å². The first-order chi connectivity index (χ1) is 11.0. The summed E-state index contributed by atoms with van der Waals surface area (Å²) < 4.78 is 30.6. The molecule has 0 radical (unpaired) electrons. The zero-order chi connectivity index (χ0) is 17.1. The number of hydrogen-bond donors (Lipinski definition) is 0. The lowest BCUT2D eigenvalue weighted by atomic mass is 10.1. The number of methoxy groups -OCH3 is 1. The Balaban J connectivity index is 2.41. The molecule has 132 valence electrons. The van der Waals surface area contributed by atoms with Gasteiger partial charge in [0.2, 0.25) is 10.0 Å². The molecule has 1 aromatic carbocycles. The predicted molar refractivity (Wildman–Crippen MR) is 96.5 cm³/mol. The molecular weight excluding hydrogens is 310 g/mol. The van der Waals surface area contributed by atoms with Crippen LogP contribution in [0.1, 0.15) is 51.0 Å². The first-order valence-electron chi connectivity index (χ1n) is 8.55. The van der Waals surface area contributed by atoms with Crippen molar-refractivity contribution in [3.8, 4) is 5.75 Å². The first kappa shape index (κ1) is 20.0. The molecule has 1 aromatic rings. The average molecular weight is 342 g/mol. The molecule has 0 aliphatic rings. The molecule has 0 spiro atoms. The highest BCUT2D eigenvalue weighted by molar-refractivity contribution is 7.88. The van der Waals surface area contributed by atoms with Gasteiger partial charge in [0.15, 0.2) is 0 Å². The van der Waals surface area contributed by atoms with Crippen molar-refractivity contribution in [2.45, 2.75) is 51.9 Å². The Bertz CT molecular complexity index is 543. The lowest BCUT2D eigenvalue weighted by Crippen LogP contribution is -2.32. The molecule has 0 unspecified atom stereocenters. The number of ether oxygens (including phenoxy) is 1. The third-order valence-corrected chi connectivity index (χ3v) is 5.29. The topological polar surface area (TPSA) is 46.6 Å². The van der Waals surface area contributed by atoms with E-state index in [1.54, 1.807) is 11.4 Å². The minimum Gasteiger partial charge on any atom is -0.497 e. The van der Waals surface area contributed by atoms with Crippen LogP contribution < -0.4 is 4.74 Å².